The minimum Gasteiger partial charge on any atom is -0.490 e. The van der Waals surface area contributed by atoms with Crippen molar-refractivity contribution in [1.29, 1.82) is 0 Å². The fourth-order valence-corrected chi connectivity index (χ4v) is 5.15. The van der Waals surface area contributed by atoms with E-state index in [1.165, 1.54) is 4.68 Å². The van der Waals surface area contributed by atoms with Gasteiger partial charge in [-0.3, -0.25) is 4.79 Å². The third-order valence-electron chi connectivity index (χ3n) is 5.95. The first-order valence-electron chi connectivity index (χ1n) is 12.0. The Kier molecular flexibility index (Phi) is 9.68. The van der Waals surface area contributed by atoms with Crippen molar-refractivity contribution in [2.75, 3.05) is 6.61 Å². The molecular formula is C28H25Br3ClN3O3. The molecule has 0 aliphatic heterocycles. The van der Waals surface area contributed by atoms with Crippen molar-refractivity contribution in [1.82, 2.24) is 9.66 Å². The van der Waals surface area contributed by atoms with Gasteiger partial charge in [-0.05, 0) is 87.2 Å². The Labute approximate surface area is 251 Å². The Hall–Kier alpha value is -2.20. The molecule has 0 saturated heterocycles. The van der Waals surface area contributed by atoms with Gasteiger partial charge in [-0.2, -0.15) is 9.78 Å². The van der Waals surface area contributed by atoms with Crippen LogP contribution in [0.1, 0.15) is 50.1 Å². The van der Waals surface area contributed by atoms with Gasteiger partial charge >= 0.3 is 0 Å². The van der Waals surface area contributed by atoms with E-state index in [0.717, 1.165) is 16.5 Å². The lowest BCUT2D eigenvalue weighted by atomic mass is 10.1. The number of halogens is 4. The summed E-state index contributed by atoms with van der Waals surface area (Å²) in [6.45, 7) is 6.78. The molecule has 198 valence electrons. The summed E-state index contributed by atoms with van der Waals surface area (Å²) < 4.78 is 15.6. The molecule has 1 heterocycles. The SMILES string of the molecule is CCOc1cc(C=Nn2c([C@H](C)CC)nc3ccc(Br)cc3c2=O)c(Br)c(Br)c1OCc1ccc(Cl)cc1. The summed E-state index contributed by atoms with van der Waals surface area (Å²) in [7, 11) is 0. The highest BCUT2D eigenvalue weighted by atomic mass is 79.9. The first-order chi connectivity index (χ1) is 18.2. The third kappa shape index (κ3) is 6.33. The second-order valence-electron chi connectivity index (χ2n) is 8.57. The van der Waals surface area contributed by atoms with Crippen molar-refractivity contribution < 1.29 is 9.47 Å². The minimum atomic E-state index is -0.231. The van der Waals surface area contributed by atoms with Crippen LogP contribution in [0.5, 0.6) is 11.5 Å². The molecule has 0 amide bonds. The Morgan fingerprint density at radius 3 is 2.47 bits per heavy atom. The van der Waals surface area contributed by atoms with Gasteiger partial charge in [0.25, 0.3) is 5.56 Å². The van der Waals surface area contributed by atoms with Gasteiger partial charge in [0.15, 0.2) is 11.5 Å². The molecule has 0 saturated carbocycles. The lowest BCUT2D eigenvalue weighted by molar-refractivity contribution is 0.267. The van der Waals surface area contributed by atoms with Crippen LogP contribution < -0.4 is 15.0 Å². The third-order valence-corrected chi connectivity index (χ3v) is 8.84. The molecule has 0 fully saturated rings. The molecular weight excluding hydrogens is 701 g/mol. The molecule has 1 aromatic heterocycles. The zero-order chi connectivity index (χ0) is 27.4. The quantitative estimate of drug-likeness (QED) is 0.162. The molecule has 0 N–H and O–H groups in total. The van der Waals surface area contributed by atoms with Crippen LogP contribution >= 0.6 is 59.4 Å². The zero-order valence-electron chi connectivity index (χ0n) is 21.0. The average Bonchev–Trinajstić information content (AvgIpc) is 2.91. The van der Waals surface area contributed by atoms with Crippen LogP contribution in [0.3, 0.4) is 0 Å². The van der Waals surface area contributed by atoms with Gasteiger partial charge in [0, 0.05) is 25.4 Å². The Bertz CT molecular complexity index is 1560. The summed E-state index contributed by atoms with van der Waals surface area (Å²) in [5.41, 5.74) is 2.09. The van der Waals surface area contributed by atoms with E-state index in [4.69, 9.17) is 26.1 Å². The topological polar surface area (TPSA) is 65.7 Å². The maximum Gasteiger partial charge on any atom is 0.282 e. The van der Waals surface area contributed by atoms with Gasteiger partial charge in [0.05, 0.1) is 28.2 Å². The van der Waals surface area contributed by atoms with Crippen molar-refractivity contribution in [3.05, 3.63) is 94.3 Å². The minimum absolute atomic E-state index is 0.0331. The number of rotatable bonds is 9. The number of hydrogen-bond acceptors (Lipinski definition) is 5. The molecule has 38 heavy (non-hydrogen) atoms. The molecule has 6 nitrogen and oxygen atoms in total. The van der Waals surface area contributed by atoms with Gasteiger partial charge in [-0.25, -0.2) is 4.98 Å². The summed E-state index contributed by atoms with van der Waals surface area (Å²) in [4.78, 5) is 18.2. The highest BCUT2D eigenvalue weighted by molar-refractivity contribution is 9.13. The Morgan fingerprint density at radius 1 is 1.05 bits per heavy atom. The fourth-order valence-electron chi connectivity index (χ4n) is 3.73. The summed E-state index contributed by atoms with van der Waals surface area (Å²) in [5, 5.41) is 5.76. The predicted octanol–water partition coefficient (Wildman–Crippen LogP) is 8.71. The second kappa shape index (κ2) is 12.8. The standard InChI is InChI=1S/C28H25Br3ClN3O3/c1-4-16(3)27-34-22-11-8-19(29)13-21(22)28(36)35(27)33-14-18-12-23(37-5-2)26(25(31)24(18)30)38-15-17-6-9-20(32)10-7-17/h6-14,16H,4-5,15H2,1-3H3/t16-/m1/s1. The van der Waals surface area contributed by atoms with Crippen LogP contribution in [0, 0.1) is 0 Å². The van der Waals surface area contributed by atoms with Gasteiger partial charge in [-0.15, -0.1) is 0 Å². The van der Waals surface area contributed by atoms with Crippen LogP contribution in [-0.2, 0) is 6.61 Å². The molecule has 0 spiro atoms. The van der Waals surface area contributed by atoms with E-state index in [0.29, 0.717) is 61.0 Å². The summed E-state index contributed by atoms with van der Waals surface area (Å²) in [5.74, 6) is 1.74. The average molecular weight is 727 g/mol. The molecule has 10 heteroatoms. The zero-order valence-corrected chi connectivity index (χ0v) is 26.5. The summed E-state index contributed by atoms with van der Waals surface area (Å²) in [6.07, 6.45) is 2.44. The summed E-state index contributed by atoms with van der Waals surface area (Å²) >= 11 is 16.7. The first-order valence-corrected chi connectivity index (χ1v) is 14.8. The molecule has 0 aliphatic rings. The van der Waals surface area contributed by atoms with E-state index in [1.54, 1.807) is 12.3 Å². The van der Waals surface area contributed by atoms with E-state index < -0.39 is 0 Å². The van der Waals surface area contributed by atoms with Gasteiger partial charge in [0.2, 0.25) is 0 Å². The number of aromatic nitrogens is 2. The molecule has 0 radical (unpaired) electrons. The maximum atomic E-state index is 13.5. The number of ether oxygens (including phenoxy) is 2. The lowest BCUT2D eigenvalue weighted by Crippen LogP contribution is -2.23. The van der Waals surface area contributed by atoms with E-state index in [-0.39, 0.29) is 11.5 Å². The molecule has 3 aromatic carbocycles. The first kappa shape index (κ1) is 28.8. The van der Waals surface area contributed by atoms with Crippen molar-refractivity contribution >= 4 is 76.5 Å². The maximum absolute atomic E-state index is 13.5. The molecule has 0 aliphatic carbocycles. The normalized spacial score (nSPS) is 12.3. The van der Waals surface area contributed by atoms with E-state index >= 15 is 0 Å². The highest BCUT2D eigenvalue weighted by Gasteiger charge is 2.19. The van der Waals surface area contributed by atoms with Gasteiger partial charge in [0.1, 0.15) is 12.4 Å². The largest absolute Gasteiger partial charge is 0.490 e. The fraction of sp³-hybridized carbons (Fsp3) is 0.250. The van der Waals surface area contributed by atoms with Crippen molar-refractivity contribution in [2.24, 2.45) is 5.10 Å². The van der Waals surface area contributed by atoms with Gasteiger partial charge in [-0.1, -0.05) is 53.5 Å². The molecule has 0 unspecified atom stereocenters. The molecule has 4 aromatic rings. The Morgan fingerprint density at radius 2 is 1.79 bits per heavy atom. The van der Waals surface area contributed by atoms with Crippen molar-refractivity contribution in [3.8, 4) is 11.5 Å². The lowest BCUT2D eigenvalue weighted by Gasteiger charge is -2.17. The second-order valence-corrected chi connectivity index (χ2v) is 11.5. The van der Waals surface area contributed by atoms with E-state index in [1.807, 2.05) is 56.3 Å². The number of hydrogen-bond donors (Lipinski definition) is 0. The van der Waals surface area contributed by atoms with Crippen molar-refractivity contribution in [3.63, 3.8) is 0 Å². The van der Waals surface area contributed by atoms with E-state index in [9.17, 15) is 4.79 Å². The molecule has 4 rings (SSSR count). The van der Waals surface area contributed by atoms with Crippen LogP contribution in [-0.4, -0.2) is 22.5 Å². The van der Waals surface area contributed by atoms with Crippen molar-refractivity contribution in [2.45, 2.75) is 39.7 Å². The smallest absolute Gasteiger partial charge is 0.282 e. The van der Waals surface area contributed by atoms with Gasteiger partial charge < -0.3 is 9.47 Å². The summed E-state index contributed by atoms with van der Waals surface area (Å²) in [6, 6.07) is 14.8. The Balaban J connectivity index is 1.76. The number of fused-ring (bicyclic) bond motifs is 1. The van der Waals surface area contributed by atoms with Crippen LogP contribution in [0.25, 0.3) is 10.9 Å². The molecule has 0 bridgehead atoms. The van der Waals surface area contributed by atoms with Crippen LogP contribution in [0.15, 0.2) is 71.8 Å². The van der Waals surface area contributed by atoms with Crippen LogP contribution in [0.4, 0.5) is 0 Å². The monoisotopic (exact) mass is 723 g/mol. The predicted molar refractivity (Wildman–Crippen MR) is 164 cm³/mol. The molecule has 1 atom stereocenters. The number of benzene rings is 3. The number of nitrogens with zero attached hydrogens (tertiary/aromatic N) is 3. The van der Waals surface area contributed by atoms with Crippen LogP contribution in [0.2, 0.25) is 5.02 Å². The highest BCUT2D eigenvalue weighted by Crippen LogP contribution is 2.43. The van der Waals surface area contributed by atoms with E-state index in [2.05, 4.69) is 59.8 Å².